The molecule has 1 heterocycles. The molecule has 2 N–H and O–H groups in total. The SMILES string of the molecule is COC(=O)C(CN1CCC(O)CC1)NC(C)=O. The van der Waals surface area contributed by atoms with Crippen molar-refractivity contribution in [3.63, 3.8) is 0 Å². The van der Waals surface area contributed by atoms with E-state index < -0.39 is 12.0 Å². The molecule has 0 saturated carbocycles. The number of nitrogens with zero attached hydrogens (tertiary/aromatic N) is 1. The van der Waals surface area contributed by atoms with Crippen molar-refractivity contribution in [2.45, 2.75) is 31.9 Å². The first-order valence-corrected chi connectivity index (χ1v) is 5.78. The lowest BCUT2D eigenvalue weighted by molar-refractivity contribution is -0.145. The molecule has 0 spiro atoms. The Balaban J connectivity index is 2.47. The molecule has 6 heteroatoms. The second-order valence-electron chi connectivity index (χ2n) is 4.31. The number of hydrogen-bond donors (Lipinski definition) is 2. The fourth-order valence-corrected chi connectivity index (χ4v) is 1.93. The van der Waals surface area contributed by atoms with Crippen LogP contribution < -0.4 is 5.32 Å². The molecule has 1 fully saturated rings. The van der Waals surface area contributed by atoms with Gasteiger partial charge in [0.25, 0.3) is 0 Å². The normalized spacial score (nSPS) is 19.7. The van der Waals surface area contributed by atoms with Gasteiger partial charge in [-0.3, -0.25) is 4.79 Å². The van der Waals surface area contributed by atoms with Crippen molar-refractivity contribution in [2.75, 3.05) is 26.7 Å². The van der Waals surface area contributed by atoms with Crippen molar-refractivity contribution in [2.24, 2.45) is 0 Å². The molecule has 1 saturated heterocycles. The second-order valence-corrected chi connectivity index (χ2v) is 4.31. The number of amides is 1. The van der Waals surface area contributed by atoms with Crippen LogP contribution >= 0.6 is 0 Å². The van der Waals surface area contributed by atoms with Gasteiger partial charge in [-0.15, -0.1) is 0 Å². The van der Waals surface area contributed by atoms with Crippen LogP contribution in [0.4, 0.5) is 0 Å². The van der Waals surface area contributed by atoms with Crippen molar-refractivity contribution in [1.82, 2.24) is 10.2 Å². The molecule has 0 aromatic heterocycles. The van der Waals surface area contributed by atoms with Gasteiger partial charge in [0.15, 0.2) is 0 Å². The summed E-state index contributed by atoms with van der Waals surface area (Å²) in [5.74, 6) is -0.691. The lowest BCUT2D eigenvalue weighted by Crippen LogP contribution is -2.50. The lowest BCUT2D eigenvalue weighted by Gasteiger charge is -2.31. The van der Waals surface area contributed by atoms with Crippen LogP contribution in [0, 0.1) is 0 Å². The number of nitrogens with one attached hydrogen (secondary N) is 1. The maximum atomic E-state index is 11.5. The molecule has 1 aliphatic heterocycles. The molecule has 0 radical (unpaired) electrons. The number of aliphatic hydroxyl groups is 1. The number of methoxy groups -OCH3 is 1. The molecule has 1 atom stereocenters. The number of hydrogen-bond acceptors (Lipinski definition) is 5. The van der Waals surface area contributed by atoms with Crippen LogP contribution in [0.3, 0.4) is 0 Å². The number of piperidine rings is 1. The number of ether oxygens (including phenoxy) is 1. The third-order valence-corrected chi connectivity index (χ3v) is 2.86. The Morgan fingerprint density at radius 1 is 1.47 bits per heavy atom. The number of esters is 1. The van der Waals surface area contributed by atoms with Crippen LogP contribution in [0.2, 0.25) is 0 Å². The molecule has 17 heavy (non-hydrogen) atoms. The van der Waals surface area contributed by atoms with Crippen LogP contribution in [0.5, 0.6) is 0 Å². The van der Waals surface area contributed by atoms with Crippen LogP contribution in [0.25, 0.3) is 0 Å². The van der Waals surface area contributed by atoms with Gasteiger partial charge < -0.3 is 20.1 Å². The smallest absolute Gasteiger partial charge is 0.329 e. The highest BCUT2D eigenvalue weighted by atomic mass is 16.5. The highest BCUT2D eigenvalue weighted by Gasteiger charge is 2.25. The number of aliphatic hydroxyl groups excluding tert-OH is 1. The quantitative estimate of drug-likeness (QED) is 0.628. The summed E-state index contributed by atoms with van der Waals surface area (Å²) in [5.41, 5.74) is 0. The molecular weight excluding hydrogens is 224 g/mol. The van der Waals surface area contributed by atoms with E-state index in [1.54, 1.807) is 0 Å². The highest BCUT2D eigenvalue weighted by Crippen LogP contribution is 2.10. The van der Waals surface area contributed by atoms with E-state index in [4.69, 9.17) is 0 Å². The van der Waals surface area contributed by atoms with Gasteiger partial charge in [0, 0.05) is 26.6 Å². The van der Waals surface area contributed by atoms with E-state index in [0.29, 0.717) is 19.4 Å². The Morgan fingerprint density at radius 3 is 2.53 bits per heavy atom. The van der Waals surface area contributed by atoms with E-state index in [1.807, 2.05) is 4.90 Å². The zero-order valence-corrected chi connectivity index (χ0v) is 10.3. The minimum absolute atomic E-state index is 0.247. The molecule has 6 nitrogen and oxygen atoms in total. The lowest BCUT2D eigenvalue weighted by atomic mass is 10.1. The fraction of sp³-hybridized carbons (Fsp3) is 0.818. The predicted octanol–water partition coefficient (Wildman–Crippen LogP) is -0.879. The topological polar surface area (TPSA) is 78.9 Å². The first-order valence-electron chi connectivity index (χ1n) is 5.78. The van der Waals surface area contributed by atoms with Gasteiger partial charge in [0.05, 0.1) is 13.2 Å². The Morgan fingerprint density at radius 2 is 2.06 bits per heavy atom. The summed E-state index contributed by atoms with van der Waals surface area (Å²) in [6.45, 7) is 3.26. The maximum Gasteiger partial charge on any atom is 0.329 e. The van der Waals surface area contributed by atoms with E-state index in [9.17, 15) is 14.7 Å². The third kappa shape index (κ3) is 4.70. The Hall–Kier alpha value is -1.14. The molecule has 1 amide bonds. The third-order valence-electron chi connectivity index (χ3n) is 2.86. The minimum atomic E-state index is -0.632. The first kappa shape index (κ1) is 13.9. The van der Waals surface area contributed by atoms with Crippen molar-refractivity contribution in [1.29, 1.82) is 0 Å². The fourth-order valence-electron chi connectivity index (χ4n) is 1.93. The summed E-state index contributed by atoms with van der Waals surface area (Å²) >= 11 is 0. The Labute approximate surface area is 101 Å². The second kappa shape index (κ2) is 6.56. The maximum absolute atomic E-state index is 11.5. The number of carbonyl (C=O) groups is 2. The number of carbonyl (C=O) groups excluding carboxylic acids is 2. The van der Waals surface area contributed by atoms with Crippen molar-refractivity contribution in [3.05, 3.63) is 0 Å². The van der Waals surface area contributed by atoms with Crippen LogP contribution in [-0.2, 0) is 14.3 Å². The first-order chi connectivity index (χ1) is 8.02. The number of likely N-dealkylation sites (tertiary alicyclic amines) is 1. The van der Waals surface area contributed by atoms with Gasteiger partial charge >= 0.3 is 5.97 Å². The minimum Gasteiger partial charge on any atom is -0.467 e. The largest absolute Gasteiger partial charge is 0.467 e. The molecule has 0 aromatic carbocycles. The molecule has 1 unspecified atom stereocenters. The van der Waals surface area contributed by atoms with Crippen molar-refractivity contribution in [3.8, 4) is 0 Å². The molecule has 0 bridgehead atoms. The zero-order chi connectivity index (χ0) is 12.8. The van der Waals surface area contributed by atoms with E-state index in [0.717, 1.165) is 13.1 Å². The molecule has 1 aliphatic rings. The summed E-state index contributed by atoms with van der Waals surface area (Å²) in [7, 11) is 1.30. The van der Waals surface area contributed by atoms with Gasteiger partial charge in [0.2, 0.25) is 5.91 Å². The molecule has 1 rings (SSSR count). The number of rotatable bonds is 4. The summed E-state index contributed by atoms with van der Waals surface area (Å²) in [6, 6.07) is -0.632. The van der Waals surface area contributed by atoms with Gasteiger partial charge in [-0.25, -0.2) is 4.79 Å². The van der Waals surface area contributed by atoms with E-state index in [1.165, 1.54) is 14.0 Å². The summed E-state index contributed by atoms with van der Waals surface area (Å²) in [5, 5.41) is 11.9. The monoisotopic (exact) mass is 244 g/mol. The average Bonchev–Trinajstić information content (AvgIpc) is 2.29. The average molecular weight is 244 g/mol. The highest BCUT2D eigenvalue weighted by molar-refractivity contribution is 5.83. The zero-order valence-electron chi connectivity index (χ0n) is 10.3. The van der Waals surface area contributed by atoms with Gasteiger partial charge in [-0.05, 0) is 12.8 Å². The standard InChI is InChI=1S/C11H20N2O4/c1-8(14)12-10(11(16)17-2)7-13-5-3-9(15)4-6-13/h9-10,15H,3-7H2,1-2H3,(H,12,14). The summed E-state index contributed by atoms with van der Waals surface area (Å²) < 4.78 is 4.65. The molecule has 98 valence electrons. The van der Waals surface area contributed by atoms with E-state index >= 15 is 0 Å². The predicted molar refractivity (Wildman–Crippen MR) is 61.3 cm³/mol. The van der Waals surface area contributed by atoms with Crippen molar-refractivity contribution < 1.29 is 19.4 Å². The van der Waals surface area contributed by atoms with Gasteiger partial charge in [0.1, 0.15) is 6.04 Å². The summed E-state index contributed by atoms with van der Waals surface area (Å²) in [6.07, 6.45) is 1.16. The van der Waals surface area contributed by atoms with Gasteiger partial charge in [-0.1, -0.05) is 0 Å². The summed E-state index contributed by atoms with van der Waals surface area (Å²) in [4.78, 5) is 24.5. The van der Waals surface area contributed by atoms with E-state index in [2.05, 4.69) is 10.1 Å². The van der Waals surface area contributed by atoms with E-state index in [-0.39, 0.29) is 12.0 Å². The Bertz CT molecular complexity index is 275. The van der Waals surface area contributed by atoms with Crippen molar-refractivity contribution >= 4 is 11.9 Å². The van der Waals surface area contributed by atoms with Crippen LogP contribution in [0.1, 0.15) is 19.8 Å². The molecular formula is C11H20N2O4. The Kier molecular flexibility index (Phi) is 5.37. The molecule has 0 aliphatic carbocycles. The van der Waals surface area contributed by atoms with Gasteiger partial charge in [-0.2, -0.15) is 0 Å². The van der Waals surface area contributed by atoms with Crippen LogP contribution in [-0.4, -0.2) is 60.8 Å². The molecule has 0 aromatic rings. The van der Waals surface area contributed by atoms with Crippen LogP contribution in [0.15, 0.2) is 0 Å².